The zero-order valence-electron chi connectivity index (χ0n) is 6.20. The van der Waals surface area contributed by atoms with Crippen LogP contribution in [0.15, 0.2) is 21.8 Å². The minimum atomic E-state index is -0.122. The van der Waals surface area contributed by atoms with Crippen LogP contribution < -0.4 is 0 Å². The van der Waals surface area contributed by atoms with Crippen LogP contribution in [0.5, 0.6) is 0 Å². The highest BCUT2D eigenvalue weighted by Crippen LogP contribution is 2.20. The second-order valence-corrected chi connectivity index (χ2v) is 2.92. The molecule has 0 saturated heterocycles. The highest BCUT2D eigenvalue weighted by molar-refractivity contribution is 6.33. The second-order valence-electron chi connectivity index (χ2n) is 2.56. The molecule has 0 unspecified atom stereocenters. The van der Waals surface area contributed by atoms with E-state index in [2.05, 4.69) is 9.98 Å². The Morgan fingerprint density at radius 1 is 1.50 bits per heavy atom. The molecular formula is C7H6ClN3O. The van der Waals surface area contributed by atoms with Gasteiger partial charge >= 0.3 is 0 Å². The normalized spacial score (nSPS) is 21.8. The first-order chi connectivity index (χ1) is 5.77. The van der Waals surface area contributed by atoms with Crippen LogP contribution in [0.25, 0.3) is 0 Å². The lowest BCUT2D eigenvalue weighted by atomic mass is 10.1. The molecule has 0 fully saturated rings. The molecule has 0 aromatic carbocycles. The van der Waals surface area contributed by atoms with Crippen molar-refractivity contribution < 1.29 is 4.79 Å². The Morgan fingerprint density at radius 2 is 2.33 bits per heavy atom. The minimum absolute atomic E-state index is 0.122. The first kappa shape index (κ1) is 7.49. The van der Waals surface area contributed by atoms with E-state index in [4.69, 9.17) is 11.8 Å². The van der Waals surface area contributed by atoms with Crippen LogP contribution in [0.3, 0.4) is 0 Å². The third kappa shape index (κ3) is 1.14. The summed E-state index contributed by atoms with van der Waals surface area (Å²) in [6, 6.07) is 0. The molecule has 2 rings (SSSR count). The van der Waals surface area contributed by atoms with Gasteiger partial charge in [-0.1, -0.05) is 0 Å². The van der Waals surface area contributed by atoms with Gasteiger partial charge in [-0.15, -0.1) is 0 Å². The molecule has 2 heterocycles. The van der Waals surface area contributed by atoms with Crippen LogP contribution in [-0.2, 0) is 4.79 Å². The molecule has 0 aliphatic carbocycles. The summed E-state index contributed by atoms with van der Waals surface area (Å²) in [5.41, 5.74) is 0.923. The van der Waals surface area contributed by atoms with Crippen molar-refractivity contribution in [2.24, 2.45) is 9.98 Å². The molecule has 0 atom stereocenters. The van der Waals surface area contributed by atoms with Crippen molar-refractivity contribution >= 4 is 29.9 Å². The number of halogens is 1. The van der Waals surface area contributed by atoms with Gasteiger partial charge < -0.3 is 0 Å². The van der Waals surface area contributed by atoms with E-state index in [1.807, 2.05) is 0 Å². The molecule has 5 heteroatoms. The van der Waals surface area contributed by atoms with Crippen LogP contribution in [0.2, 0.25) is 0 Å². The number of rotatable bonds is 0. The van der Waals surface area contributed by atoms with Gasteiger partial charge in [-0.2, -0.15) is 4.99 Å². The van der Waals surface area contributed by atoms with Crippen molar-refractivity contribution in [1.29, 1.82) is 0 Å². The maximum absolute atomic E-state index is 10.9. The van der Waals surface area contributed by atoms with Crippen molar-refractivity contribution in [1.82, 2.24) is 4.42 Å². The molecule has 0 aromatic rings. The monoisotopic (exact) mass is 183 g/mol. The van der Waals surface area contributed by atoms with Crippen LogP contribution in [0, 0.1) is 0 Å². The van der Waals surface area contributed by atoms with Gasteiger partial charge in [-0.25, -0.2) is 9.41 Å². The topological polar surface area (TPSA) is 45.0 Å². The van der Waals surface area contributed by atoms with E-state index in [1.54, 1.807) is 6.20 Å². The summed E-state index contributed by atoms with van der Waals surface area (Å²) in [5, 5.41) is 0. The molecular weight excluding hydrogens is 178 g/mol. The lowest BCUT2D eigenvalue weighted by Gasteiger charge is -2.20. The summed E-state index contributed by atoms with van der Waals surface area (Å²) in [7, 11) is 0. The van der Waals surface area contributed by atoms with Gasteiger partial charge in [0.25, 0.3) is 0 Å². The number of nitrogens with zero attached hydrogens (tertiary/aromatic N) is 3. The first-order valence-electron chi connectivity index (χ1n) is 3.56. The fourth-order valence-corrected chi connectivity index (χ4v) is 1.34. The van der Waals surface area contributed by atoms with Crippen molar-refractivity contribution in [3.8, 4) is 0 Å². The van der Waals surface area contributed by atoms with Crippen LogP contribution in [0.1, 0.15) is 12.8 Å². The van der Waals surface area contributed by atoms with Gasteiger partial charge in [0, 0.05) is 30.0 Å². The molecule has 4 nitrogen and oxygen atoms in total. The van der Waals surface area contributed by atoms with Gasteiger partial charge in [0.1, 0.15) is 6.34 Å². The summed E-state index contributed by atoms with van der Waals surface area (Å²) in [6.45, 7) is 0. The smallest absolute Gasteiger partial charge is 0.248 e. The second kappa shape index (κ2) is 2.71. The van der Waals surface area contributed by atoms with Gasteiger partial charge in [0.15, 0.2) is 5.84 Å². The number of carbonyl (C=O) groups is 1. The molecule has 0 saturated carbocycles. The fraction of sp³-hybridized carbons (Fsp3) is 0.286. The lowest BCUT2D eigenvalue weighted by molar-refractivity contribution is -0.117. The number of hydrogen-bond acceptors (Lipinski definition) is 3. The maximum Gasteiger partial charge on any atom is 0.248 e. The van der Waals surface area contributed by atoms with E-state index in [9.17, 15) is 4.79 Å². The SMILES string of the molecule is O=C1CCC2=CN=CN(Cl)C2=N1. The van der Waals surface area contributed by atoms with Gasteiger partial charge in [0.05, 0.1) is 0 Å². The van der Waals surface area contributed by atoms with Crippen LogP contribution in [0.4, 0.5) is 0 Å². The molecule has 2 aliphatic rings. The Kier molecular flexibility index (Phi) is 1.69. The van der Waals surface area contributed by atoms with E-state index >= 15 is 0 Å². The highest BCUT2D eigenvalue weighted by atomic mass is 35.5. The zero-order chi connectivity index (χ0) is 8.55. The standard InChI is InChI=1S/C7H6ClN3O/c8-11-4-9-3-5-1-2-6(12)10-7(5)11/h3-4H,1-2H2. The Bertz CT molecular complexity index is 319. The molecule has 0 N–H and O–H groups in total. The summed E-state index contributed by atoms with van der Waals surface area (Å²) >= 11 is 5.72. The van der Waals surface area contributed by atoms with Crippen molar-refractivity contribution in [3.63, 3.8) is 0 Å². The highest BCUT2D eigenvalue weighted by Gasteiger charge is 2.22. The van der Waals surface area contributed by atoms with E-state index in [0.717, 1.165) is 5.57 Å². The molecule has 0 spiro atoms. The molecule has 62 valence electrons. The summed E-state index contributed by atoms with van der Waals surface area (Å²) in [4.78, 5) is 18.6. The quantitative estimate of drug-likeness (QED) is 0.528. The van der Waals surface area contributed by atoms with Crippen molar-refractivity contribution in [2.45, 2.75) is 12.8 Å². The molecule has 0 bridgehead atoms. The molecule has 2 aliphatic heterocycles. The molecule has 1 amide bonds. The Hall–Kier alpha value is -1.16. The summed E-state index contributed by atoms with van der Waals surface area (Å²) < 4.78 is 1.24. The van der Waals surface area contributed by atoms with Gasteiger partial charge in [-0.3, -0.25) is 4.79 Å². The number of carbonyl (C=O) groups excluding carboxylic acids is 1. The average molecular weight is 184 g/mol. The number of amidine groups is 1. The molecule has 12 heavy (non-hydrogen) atoms. The predicted molar refractivity (Wildman–Crippen MR) is 45.9 cm³/mol. The largest absolute Gasteiger partial charge is 0.273 e. The summed E-state index contributed by atoms with van der Waals surface area (Å²) in [5.74, 6) is 0.394. The minimum Gasteiger partial charge on any atom is -0.273 e. The van der Waals surface area contributed by atoms with E-state index in [0.29, 0.717) is 18.7 Å². The van der Waals surface area contributed by atoms with E-state index < -0.39 is 0 Å². The van der Waals surface area contributed by atoms with Crippen LogP contribution in [-0.4, -0.2) is 22.5 Å². The Labute approximate surface area is 74.4 Å². The third-order valence-electron chi connectivity index (χ3n) is 1.73. The van der Waals surface area contributed by atoms with Crippen molar-refractivity contribution in [2.75, 3.05) is 0 Å². The number of fused-ring (bicyclic) bond motifs is 1. The number of hydrogen-bond donors (Lipinski definition) is 0. The first-order valence-corrected chi connectivity index (χ1v) is 3.90. The van der Waals surface area contributed by atoms with Gasteiger partial charge in [0.2, 0.25) is 5.91 Å². The van der Waals surface area contributed by atoms with E-state index in [1.165, 1.54) is 10.8 Å². The van der Waals surface area contributed by atoms with Crippen molar-refractivity contribution in [3.05, 3.63) is 11.8 Å². The Morgan fingerprint density at radius 3 is 3.17 bits per heavy atom. The molecule has 0 aromatic heterocycles. The predicted octanol–water partition coefficient (Wildman–Crippen LogP) is 1.09. The fourth-order valence-electron chi connectivity index (χ4n) is 1.14. The lowest BCUT2D eigenvalue weighted by Crippen LogP contribution is -2.28. The number of amides is 1. The Balaban J connectivity index is 2.41. The van der Waals surface area contributed by atoms with Crippen LogP contribution >= 0.6 is 11.8 Å². The van der Waals surface area contributed by atoms with Gasteiger partial charge in [-0.05, 0) is 6.42 Å². The maximum atomic E-state index is 10.9. The molecule has 0 radical (unpaired) electrons. The third-order valence-corrected chi connectivity index (χ3v) is 1.97. The average Bonchev–Trinajstić information content (AvgIpc) is 2.07. The summed E-state index contributed by atoms with van der Waals surface area (Å²) in [6.07, 6.45) is 4.24. The zero-order valence-corrected chi connectivity index (χ0v) is 6.95. The number of aliphatic imine (C=N–C) groups is 2. The van der Waals surface area contributed by atoms with E-state index in [-0.39, 0.29) is 5.91 Å².